The first-order valence-corrected chi connectivity index (χ1v) is 10.4. The number of carboxylic acid groups (broad SMARTS) is 1. The molecule has 2 aromatic carbocycles. The van der Waals surface area contributed by atoms with Gasteiger partial charge in [0.25, 0.3) is 0 Å². The maximum atomic E-state index is 12.0. The zero-order chi connectivity index (χ0) is 22.6. The molecule has 0 saturated carbocycles. The Balaban J connectivity index is 1.51. The van der Waals surface area contributed by atoms with E-state index in [0.29, 0.717) is 17.2 Å². The highest BCUT2D eigenvalue weighted by molar-refractivity contribution is 6.39. The lowest BCUT2D eigenvalue weighted by molar-refractivity contribution is -0.162. The van der Waals surface area contributed by atoms with Crippen LogP contribution in [-0.4, -0.2) is 53.7 Å². The number of fused-ring (bicyclic) bond motifs is 1. The standard InChI is InChI=1S/C21H24Cl2N2O6/c1-12(8-21(20(27)28)11-30-17-4-2-3-5-18(17)31-21)25-9-13(26)10-29-14-6-15(22)19(24)16(23)7-14/h2-7,12-13,25-26H,8-11,24H2,1H3,(H,27,28)/t12-,13+,21-/m1/s1. The Hall–Kier alpha value is -2.39. The molecule has 1 aliphatic heterocycles. The number of carbonyl (C=O) groups is 1. The number of halogens is 2. The van der Waals surface area contributed by atoms with Crippen molar-refractivity contribution in [2.24, 2.45) is 0 Å². The molecule has 168 valence electrons. The van der Waals surface area contributed by atoms with Gasteiger partial charge in [-0.1, -0.05) is 35.3 Å². The quantitative estimate of drug-likeness (QED) is 0.412. The fraction of sp³-hybridized carbons (Fsp3) is 0.381. The Bertz CT molecular complexity index is 921. The number of nitrogens with one attached hydrogen (secondary N) is 1. The van der Waals surface area contributed by atoms with E-state index >= 15 is 0 Å². The second kappa shape index (κ2) is 9.82. The summed E-state index contributed by atoms with van der Waals surface area (Å²) in [5.74, 6) is 0.164. The number of nitrogen functional groups attached to an aromatic ring is 1. The molecule has 5 N–H and O–H groups in total. The highest BCUT2D eigenvalue weighted by Gasteiger charge is 2.46. The largest absolute Gasteiger partial charge is 0.491 e. The summed E-state index contributed by atoms with van der Waals surface area (Å²) in [5.41, 5.74) is 4.41. The van der Waals surface area contributed by atoms with Crippen molar-refractivity contribution < 1.29 is 29.2 Å². The molecule has 3 atom stereocenters. The van der Waals surface area contributed by atoms with Crippen LogP contribution in [-0.2, 0) is 4.79 Å². The van der Waals surface area contributed by atoms with Crippen LogP contribution in [0.4, 0.5) is 5.69 Å². The van der Waals surface area contributed by atoms with Gasteiger partial charge in [0.15, 0.2) is 11.5 Å². The van der Waals surface area contributed by atoms with Gasteiger partial charge in [0.1, 0.15) is 25.1 Å². The van der Waals surface area contributed by atoms with E-state index in [-0.39, 0.29) is 48.0 Å². The van der Waals surface area contributed by atoms with Gasteiger partial charge in [0.05, 0.1) is 15.7 Å². The van der Waals surface area contributed by atoms with Gasteiger partial charge in [-0.15, -0.1) is 0 Å². The normalized spacial score (nSPS) is 19.5. The van der Waals surface area contributed by atoms with Gasteiger partial charge in [-0.2, -0.15) is 0 Å². The second-order valence-corrected chi connectivity index (χ2v) is 8.23. The number of rotatable bonds is 9. The van der Waals surface area contributed by atoms with E-state index in [2.05, 4.69) is 5.32 Å². The number of benzene rings is 2. The van der Waals surface area contributed by atoms with Crippen molar-refractivity contribution in [3.63, 3.8) is 0 Å². The highest BCUT2D eigenvalue weighted by Crippen LogP contribution is 2.37. The monoisotopic (exact) mass is 470 g/mol. The fourth-order valence-electron chi connectivity index (χ4n) is 3.18. The molecule has 1 heterocycles. The summed E-state index contributed by atoms with van der Waals surface area (Å²) in [5, 5.41) is 23.6. The lowest BCUT2D eigenvalue weighted by Crippen LogP contribution is -2.55. The summed E-state index contributed by atoms with van der Waals surface area (Å²) >= 11 is 11.9. The van der Waals surface area contributed by atoms with Gasteiger partial charge < -0.3 is 35.5 Å². The fourth-order valence-corrected chi connectivity index (χ4v) is 3.65. The number of anilines is 1. The maximum absolute atomic E-state index is 12.0. The number of hydrogen-bond acceptors (Lipinski definition) is 7. The minimum atomic E-state index is -1.53. The molecule has 0 bridgehead atoms. The molecule has 0 fully saturated rings. The summed E-state index contributed by atoms with van der Waals surface area (Å²) in [7, 11) is 0. The van der Waals surface area contributed by atoms with Crippen molar-refractivity contribution in [2.75, 3.05) is 25.5 Å². The molecule has 0 unspecified atom stereocenters. The first-order chi connectivity index (χ1) is 14.7. The van der Waals surface area contributed by atoms with Gasteiger partial charge in [-0.3, -0.25) is 0 Å². The molecule has 0 spiro atoms. The Kier molecular flexibility index (Phi) is 7.38. The average molecular weight is 471 g/mol. The number of aliphatic carboxylic acids is 1. The Labute approximate surface area is 189 Å². The smallest absolute Gasteiger partial charge is 0.351 e. The summed E-state index contributed by atoms with van der Waals surface area (Å²) < 4.78 is 16.9. The molecule has 0 saturated heterocycles. The Morgan fingerprint density at radius 1 is 1.29 bits per heavy atom. The van der Waals surface area contributed by atoms with Crippen LogP contribution in [0.3, 0.4) is 0 Å². The van der Waals surface area contributed by atoms with Crippen molar-refractivity contribution in [3.05, 3.63) is 46.4 Å². The molecule has 3 rings (SSSR count). The number of nitrogens with two attached hydrogens (primary N) is 1. The zero-order valence-electron chi connectivity index (χ0n) is 16.8. The summed E-state index contributed by atoms with van der Waals surface area (Å²) in [6.07, 6.45) is -0.726. The second-order valence-electron chi connectivity index (χ2n) is 7.42. The molecule has 0 aromatic heterocycles. The number of ether oxygens (including phenoxy) is 3. The number of para-hydroxylation sites is 2. The summed E-state index contributed by atoms with van der Waals surface area (Å²) in [6.45, 7) is 1.84. The van der Waals surface area contributed by atoms with Crippen molar-refractivity contribution in [2.45, 2.75) is 31.1 Å². The van der Waals surface area contributed by atoms with Crippen LogP contribution in [0, 0.1) is 0 Å². The first kappa shape index (κ1) is 23.3. The van der Waals surface area contributed by atoms with E-state index < -0.39 is 17.7 Å². The van der Waals surface area contributed by atoms with E-state index in [1.165, 1.54) is 12.1 Å². The van der Waals surface area contributed by atoms with E-state index in [4.69, 9.17) is 43.1 Å². The number of carboxylic acids is 1. The molecule has 10 heteroatoms. The van der Waals surface area contributed by atoms with Crippen molar-refractivity contribution >= 4 is 34.9 Å². The van der Waals surface area contributed by atoms with Crippen LogP contribution in [0.25, 0.3) is 0 Å². The molecular formula is C21H24Cl2N2O6. The van der Waals surface area contributed by atoms with Gasteiger partial charge in [0, 0.05) is 31.1 Å². The van der Waals surface area contributed by atoms with E-state index in [1.807, 2.05) is 6.92 Å². The SMILES string of the molecule is C[C@H](C[C@]1(C(=O)O)COc2ccccc2O1)NC[C@H](O)COc1cc(Cl)c(N)c(Cl)c1. The van der Waals surface area contributed by atoms with Crippen LogP contribution in [0.15, 0.2) is 36.4 Å². The molecule has 0 amide bonds. The number of hydrogen-bond donors (Lipinski definition) is 4. The lowest BCUT2D eigenvalue weighted by atomic mass is 9.94. The van der Waals surface area contributed by atoms with Crippen LogP contribution in [0.5, 0.6) is 17.2 Å². The first-order valence-electron chi connectivity index (χ1n) is 9.63. The van der Waals surface area contributed by atoms with Crippen LogP contribution >= 0.6 is 23.2 Å². The predicted molar refractivity (Wildman–Crippen MR) is 117 cm³/mol. The lowest BCUT2D eigenvalue weighted by Gasteiger charge is -2.36. The van der Waals surface area contributed by atoms with Gasteiger partial charge in [0.2, 0.25) is 5.60 Å². The third kappa shape index (κ3) is 5.65. The molecule has 8 nitrogen and oxygen atoms in total. The van der Waals surface area contributed by atoms with Gasteiger partial charge in [-0.05, 0) is 19.1 Å². The topological polar surface area (TPSA) is 123 Å². The van der Waals surface area contributed by atoms with Crippen molar-refractivity contribution in [3.8, 4) is 17.2 Å². The minimum Gasteiger partial charge on any atom is -0.491 e. The minimum absolute atomic E-state index is 0.0205. The van der Waals surface area contributed by atoms with E-state index in [9.17, 15) is 15.0 Å². The van der Waals surface area contributed by atoms with Crippen LogP contribution in [0.2, 0.25) is 10.0 Å². The van der Waals surface area contributed by atoms with Gasteiger partial charge >= 0.3 is 5.97 Å². The van der Waals surface area contributed by atoms with Crippen molar-refractivity contribution in [1.29, 1.82) is 0 Å². The maximum Gasteiger partial charge on any atom is 0.351 e. The molecule has 2 aromatic rings. The Morgan fingerprint density at radius 3 is 2.58 bits per heavy atom. The third-order valence-corrected chi connectivity index (χ3v) is 5.46. The van der Waals surface area contributed by atoms with Crippen LogP contribution in [0.1, 0.15) is 13.3 Å². The summed E-state index contributed by atoms with van der Waals surface area (Å²) in [4.78, 5) is 12.0. The number of aliphatic hydroxyl groups excluding tert-OH is 1. The molecule has 0 aliphatic carbocycles. The predicted octanol–water partition coefficient (Wildman–Crippen LogP) is 2.98. The zero-order valence-corrected chi connectivity index (χ0v) is 18.3. The molecule has 1 aliphatic rings. The van der Waals surface area contributed by atoms with E-state index in [1.54, 1.807) is 24.3 Å². The van der Waals surface area contributed by atoms with Gasteiger partial charge in [-0.25, -0.2) is 4.79 Å². The molecule has 0 radical (unpaired) electrons. The van der Waals surface area contributed by atoms with Crippen LogP contribution < -0.4 is 25.3 Å². The number of aliphatic hydroxyl groups is 1. The van der Waals surface area contributed by atoms with Crippen molar-refractivity contribution in [1.82, 2.24) is 5.32 Å². The third-order valence-electron chi connectivity index (χ3n) is 4.84. The van der Waals surface area contributed by atoms with E-state index in [0.717, 1.165) is 0 Å². The molecule has 31 heavy (non-hydrogen) atoms. The summed E-state index contributed by atoms with van der Waals surface area (Å²) in [6, 6.07) is 9.66. The molecular weight excluding hydrogens is 447 g/mol. The highest BCUT2D eigenvalue weighted by atomic mass is 35.5. The Morgan fingerprint density at radius 2 is 1.94 bits per heavy atom. The average Bonchev–Trinajstić information content (AvgIpc) is 2.74.